The molecule has 0 amide bonds. The van der Waals surface area contributed by atoms with Crippen LogP contribution in [-0.2, 0) is 0 Å². The van der Waals surface area contributed by atoms with E-state index in [1.54, 1.807) is 0 Å². The Balaban J connectivity index is 0.000000116. The lowest BCUT2D eigenvalue weighted by Crippen LogP contribution is -2.00. The molecule has 0 aliphatic carbocycles. The van der Waals surface area contributed by atoms with Crippen molar-refractivity contribution in [2.75, 3.05) is 0 Å². The summed E-state index contributed by atoms with van der Waals surface area (Å²) >= 11 is 0. The molecule has 27 aromatic rings. The summed E-state index contributed by atoms with van der Waals surface area (Å²) in [6.07, 6.45) is 0. The number of benzene rings is 21. The third kappa shape index (κ3) is 14.7. The predicted octanol–water partition coefficient (Wildman–Crippen LogP) is 34.5. The summed E-state index contributed by atoms with van der Waals surface area (Å²) in [5.74, 6) is 0. The maximum absolute atomic E-state index is 10.2. The molecule has 15 nitrogen and oxygen atoms in total. The van der Waals surface area contributed by atoms with Gasteiger partial charge in [-0.2, -0.15) is 31.6 Å². The van der Waals surface area contributed by atoms with Crippen LogP contribution in [0.15, 0.2) is 455 Å². The average molecular weight is 1910 g/mol. The Morgan fingerprint density at radius 1 is 0.187 bits per heavy atom. The van der Waals surface area contributed by atoms with Gasteiger partial charge >= 0.3 is 0 Å². The van der Waals surface area contributed by atoms with Crippen molar-refractivity contribution in [2.45, 2.75) is 0 Å². The second kappa shape index (κ2) is 37.0. The number of hydrogen-bond donors (Lipinski definition) is 0. The zero-order chi connectivity index (χ0) is 101. The topological polar surface area (TPSA) is 185 Å². The van der Waals surface area contributed by atoms with E-state index < -0.39 is 0 Å². The summed E-state index contributed by atoms with van der Waals surface area (Å²) in [5, 5.41) is 71.5. The summed E-state index contributed by atoms with van der Waals surface area (Å²) in [6.45, 7) is 24.0. The van der Waals surface area contributed by atoms with Crippen LogP contribution in [0.1, 0.15) is 33.4 Å². The Kier molecular flexibility index (Phi) is 22.0. The van der Waals surface area contributed by atoms with Gasteiger partial charge in [0, 0.05) is 81.9 Å². The minimum absolute atomic E-state index is 0.549. The van der Waals surface area contributed by atoms with Gasteiger partial charge in [-0.05, 0) is 255 Å². The van der Waals surface area contributed by atoms with Crippen molar-refractivity contribution in [1.82, 2.24) is 27.4 Å². The highest BCUT2D eigenvalue weighted by atomic mass is 15.0. The van der Waals surface area contributed by atoms with Gasteiger partial charge in [0.1, 0.15) is 6.07 Å². The van der Waals surface area contributed by atoms with Crippen molar-refractivity contribution in [3.63, 3.8) is 0 Å². The number of hydrogen-bond acceptors (Lipinski definition) is 6. The van der Waals surface area contributed by atoms with Gasteiger partial charge < -0.3 is 27.4 Å². The maximum Gasteiger partial charge on any atom is 0.195 e. The molecule has 0 saturated heterocycles. The van der Waals surface area contributed by atoms with E-state index in [0.717, 1.165) is 210 Å². The number of para-hydroxylation sites is 10. The Hall–Kier alpha value is -22.2. The zero-order valence-corrected chi connectivity index (χ0v) is 80.0. The first kappa shape index (κ1) is 89.2. The standard InChI is InChI=1S/3C45H25N5/c1-47-31-21-25-44-38(27-31)37-26-29(28-46)18-24-43(37)49(44)32-22-19-30(20-23-32)33-13-9-14-39(48-2)45(33)36-12-5-8-17-42(36)50-40-15-6-3-10-34(40)35-11-4-7-16-41(35)50;1-48-38-15-9-14-33(45(38)36-13-4-7-18-41(36)50-39-16-5-2-11-34(39)35-12-3-6-17-40(35)50)30-21-23-32(24-22-30)49-42-25-20-29(27-46)26-37(42)44-31(28-47)10-8-19-43(44)49;46-26-29-16-22-34(31-18-20-33(21-19-31)49-41-13-4-3-11-37(41)40-25-30(27-47)17-23-44(40)49)39(24-29)36-10-2-6-15-43(36)50-42-14-5-1-9-35(42)38-12-7-8-32(28-48)45(38)50/h3-27H;2-26H;1-25H. The Bertz CT molecular complexity index is 10600. The lowest BCUT2D eigenvalue weighted by atomic mass is 9.91. The second-order valence-electron chi connectivity index (χ2n) is 36.8. The van der Waals surface area contributed by atoms with E-state index in [1.165, 1.54) is 21.5 Å². The van der Waals surface area contributed by atoms with Crippen LogP contribution in [0.4, 0.5) is 17.1 Å². The molecule has 0 bridgehead atoms. The maximum atomic E-state index is 10.2. The van der Waals surface area contributed by atoms with Gasteiger partial charge in [0.2, 0.25) is 0 Å². The first-order valence-electron chi connectivity index (χ1n) is 48.8. The van der Waals surface area contributed by atoms with Gasteiger partial charge in [-0.1, -0.05) is 267 Å². The number of nitrogens with zero attached hydrogens (tertiary/aromatic N) is 15. The van der Waals surface area contributed by atoms with Crippen molar-refractivity contribution in [3.8, 4) is 137 Å². The van der Waals surface area contributed by atoms with Crippen LogP contribution in [0.2, 0.25) is 0 Å². The highest BCUT2D eigenvalue weighted by molar-refractivity contribution is 6.17. The molecule has 0 aliphatic heterocycles. The van der Waals surface area contributed by atoms with Gasteiger partial charge in [-0.3, -0.25) is 0 Å². The predicted molar refractivity (Wildman–Crippen MR) is 605 cm³/mol. The fraction of sp³-hybridized carbons (Fsp3) is 0. The minimum Gasteiger partial charge on any atom is -0.309 e. The number of aromatic nitrogens is 6. The molecule has 6 aromatic heterocycles. The summed E-state index contributed by atoms with van der Waals surface area (Å²) < 4.78 is 13.4. The first-order chi connectivity index (χ1) is 74.0. The van der Waals surface area contributed by atoms with Crippen LogP contribution < -0.4 is 0 Å². The van der Waals surface area contributed by atoms with Crippen LogP contribution in [-0.4, -0.2) is 27.4 Å². The third-order valence-electron chi connectivity index (χ3n) is 28.9. The molecular formula is C135H75N15. The largest absolute Gasteiger partial charge is 0.309 e. The van der Waals surface area contributed by atoms with Crippen LogP contribution in [0.5, 0.6) is 0 Å². The molecule has 150 heavy (non-hydrogen) atoms. The van der Waals surface area contributed by atoms with E-state index in [0.29, 0.717) is 50.4 Å². The van der Waals surface area contributed by atoms with Crippen molar-refractivity contribution >= 4 is 148 Å². The smallest absolute Gasteiger partial charge is 0.195 e. The summed E-state index contributed by atoms with van der Waals surface area (Å²) in [4.78, 5) is 11.7. The molecule has 0 aliphatic rings. The molecular weight excluding hydrogens is 1830 g/mol. The fourth-order valence-electron chi connectivity index (χ4n) is 22.4. The van der Waals surface area contributed by atoms with Gasteiger partial charge in [0.15, 0.2) is 17.1 Å². The molecule has 0 fully saturated rings. The molecule has 21 aromatic carbocycles. The third-order valence-corrected chi connectivity index (χ3v) is 28.9. The first-order valence-corrected chi connectivity index (χ1v) is 48.8. The highest BCUT2D eigenvalue weighted by Crippen LogP contribution is 2.50. The van der Waals surface area contributed by atoms with E-state index in [9.17, 15) is 31.6 Å². The van der Waals surface area contributed by atoms with Gasteiger partial charge in [-0.15, -0.1) is 0 Å². The minimum atomic E-state index is 0.549. The van der Waals surface area contributed by atoms with Gasteiger partial charge in [0.25, 0.3) is 0 Å². The Morgan fingerprint density at radius 3 is 0.940 bits per heavy atom. The molecule has 0 atom stereocenters. The lowest BCUT2D eigenvalue weighted by molar-refractivity contribution is 1.18. The van der Waals surface area contributed by atoms with Crippen molar-refractivity contribution in [2.24, 2.45) is 0 Å². The number of fused-ring (bicyclic) bond motifs is 18. The molecule has 27 rings (SSSR count). The van der Waals surface area contributed by atoms with E-state index in [-0.39, 0.29) is 0 Å². The highest BCUT2D eigenvalue weighted by Gasteiger charge is 2.28. The van der Waals surface area contributed by atoms with Crippen molar-refractivity contribution in [3.05, 3.63) is 523 Å². The molecule has 0 radical (unpaired) electrons. The molecule has 15 heteroatoms. The van der Waals surface area contributed by atoms with Crippen LogP contribution in [0, 0.1) is 87.7 Å². The van der Waals surface area contributed by atoms with E-state index in [2.05, 4.69) is 339 Å². The lowest BCUT2D eigenvalue weighted by Gasteiger charge is -2.18. The second-order valence-corrected chi connectivity index (χ2v) is 36.8. The number of rotatable bonds is 12. The van der Waals surface area contributed by atoms with Gasteiger partial charge in [-0.25, -0.2) is 14.5 Å². The van der Waals surface area contributed by atoms with E-state index >= 15 is 0 Å². The SMILES string of the molecule is N#Cc1ccc(-c2ccc(-n3c4ccccc4c4cc(C#N)ccc43)cc2)c(-c2ccccc2-n2c3ccccc3c3cccc(C#N)c32)c1.[C-]#[N+]c1ccc2c(c1)c1cc(C#N)ccc1n2-c1ccc(-c2cccc([N+]#[C-])c2-c2ccccc2-n2c3ccccc3c3ccccc32)cc1.[C-]#[N+]c1cccc(-c2ccc(-n3c4ccc(C#N)cc4c4c(C#N)cccc43)cc2)c1-c1ccccc1-n1c2ccccc2c2ccccc21. The Labute approximate surface area is 860 Å². The zero-order valence-electron chi connectivity index (χ0n) is 80.0. The van der Waals surface area contributed by atoms with Crippen LogP contribution in [0.25, 0.3) is 246 Å². The normalized spacial score (nSPS) is 11.1. The molecule has 0 spiro atoms. The van der Waals surface area contributed by atoms with Gasteiger partial charge in [0.05, 0.1) is 167 Å². The summed E-state index contributed by atoms with van der Waals surface area (Å²) in [7, 11) is 0. The fourth-order valence-corrected chi connectivity index (χ4v) is 22.4. The molecule has 6 heterocycles. The van der Waals surface area contributed by atoms with E-state index in [1.807, 2.05) is 194 Å². The Morgan fingerprint density at radius 2 is 0.493 bits per heavy atom. The van der Waals surface area contributed by atoms with Crippen LogP contribution in [0.3, 0.4) is 0 Å². The van der Waals surface area contributed by atoms with Crippen molar-refractivity contribution < 1.29 is 0 Å². The summed E-state index contributed by atoms with van der Waals surface area (Å²) in [6, 6.07) is 167. The van der Waals surface area contributed by atoms with E-state index in [4.69, 9.17) is 19.7 Å². The van der Waals surface area contributed by atoms with Crippen LogP contribution >= 0.6 is 0 Å². The molecule has 0 saturated carbocycles. The average Bonchev–Trinajstić information content (AvgIpc) is 1.57. The molecule has 690 valence electrons. The number of nitriles is 6. The monoisotopic (exact) mass is 1910 g/mol. The summed E-state index contributed by atoms with van der Waals surface area (Å²) in [5.41, 5.74) is 34.8. The molecule has 0 unspecified atom stereocenters. The quantitative estimate of drug-likeness (QED) is 0.110. The molecule has 0 N–H and O–H groups in total. The van der Waals surface area contributed by atoms with Crippen molar-refractivity contribution in [1.29, 1.82) is 31.6 Å².